The monoisotopic (exact) mass is 351 g/mol. The van der Waals surface area contributed by atoms with Crippen molar-refractivity contribution < 1.29 is 23.1 Å². The van der Waals surface area contributed by atoms with Gasteiger partial charge in [0.25, 0.3) is 0 Å². The molecule has 8 nitrogen and oxygen atoms in total. The molecule has 2 N–H and O–H groups in total. The number of aromatic nitrogens is 2. The minimum absolute atomic E-state index is 0.0103. The Morgan fingerprint density at radius 1 is 1.29 bits per heavy atom. The van der Waals surface area contributed by atoms with Crippen molar-refractivity contribution in [2.75, 3.05) is 11.1 Å². The van der Waals surface area contributed by atoms with Gasteiger partial charge in [-0.3, -0.25) is 14.3 Å². The van der Waals surface area contributed by atoms with Crippen LogP contribution < -0.4 is 5.32 Å². The van der Waals surface area contributed by atoms with Gasteiger partial charge in [0.2, 0.25) is 5.91 Å². The molecule has 0 aliphatic heterocycles. The van der Waals surface area contributed by atoms with Crippen molar-refractivity contribution >= 4 is 27.5 Å². The van der Waals surface area contributed by atoms with Gasteiger partial charge in [0, 0.05) is 12.3 Å². The van der Waals surface area contributed by atoms with Crippen LogP contribution in [0.4, 0.5) is 5.82 Å². The van der Waals surface area contributed by atoms with Gasteiger partial charge < -0.3 is 10.4 Å². The fraction of sp³-hybridized carbons (Fsp3) is 0.267. The number of nitrogens with zero attached hydrogens (tertiary/aromatic N) is 2. The van der Waals surface area contributed by atoms with Gasteiger partial charge in [0.15, 0.2) is 15.7 Å². The van der Waals surface area contributed by atoms with Crippen molar-refractivity contribution in [2.24, 2.45) is 0 Å². The molecular weight excluding hydrogens is 334 g/mol. The summed E-state index contributed by atoms with van der Waals surface area (Å²) in [4.78, 5) is 22.8. The van der Waals surface area contributed by atoms with E-state index in [4.69, 9.17) is 5.11 Å². The topological polar surface area (TPSA) is 118 Å². The summed E-state index contributed by atoms with van der Waals surface area (Å²) < 4.78 is 24.9. The Morgan fingerprint density at radius 3 is 2.71 bits per heavy atom. The normalized spacial score (nSPS) is 11.2. The van der Waals surface area contributed by atoms with Gasteiger partial charge in [-0.2, -0.15) is 5.10 Å². The number of hydrogen-bond acceptors (Lipinski definition) is 5. The molecule has 0 atom stereocenters. The van der Waals surface area contributed by atoms with Crippen LogP contribution in [0.5, 0.6) is 0 Å². The number of aliphatic carboxylic acids is 1. The Hall–Kier alpha value is -2.68. The van der Waals surface area contributed by atoms with E-state index in [1.807, 2.05) is 0 Å². The maximum Gasteiger partial charge on any atom is 0.325 e. The molecule has 24 heavy (non-hydrogen) atoms. The van der Waals surface area contributed by atoms with Gasteiger partial charge in [-0.05, 0) is 17.7 Å². The fourth-order valence-electron chi connectivity index (χ4n) is 2.04. The number of carbonyl (C=O) groups excluding carboxylic acids is 1. The number of carboxylic acid groups (broad SMARTS) is 1. The van der Waals surface area contributed by atoms with Crippen LogP contribution in [0.1, 0.15) is 12.5 Å². The van der Waals surface area contributed by atoms with Gasteiger partial charge in [-0.15, -0.1) is 0 Å². The number of nitrogens with one attached hydrogen (secondary N) is 1. The Bertz CT molecular complexity index is 857. The van der Waals surface area contributed by atoms with Crippen LogP contribution >= 0.6 is 0 Å². The highest BCUT2D eigenvalue weighted by molar-refractivity contribution is 7.91. The lowest BCUT2D eigenvalue weighted by atomic mass is 10.1. The van der Waals surface area contributed by atoms with Gasteiger partial charge in [0.05, 0.1) is 17.1 Å². The first-order valence-electron chi connectivity index (χ1n) is 7.17. The molecule has 128 valence electrons. The largest absolute Gasteiger partial charge is 0.480 e. The Kier molecular flexibility index (Phi) is 5.35. The van der Waals surface area contributed by atoms with E-state index in [0.717, 1.165) is 0 Å². The molecular formula is C15H17N3O5S. The van der Waals surface area contributed by atoms with Crippen molar-refractivity contribution in [1.29, 1.82) is 0 Å². The highest BCUT2D eigenvalue weighted by Gasteiger charge is 2.13. The predicted octanol–water partition coefficient (Wildman–Crippen LogP) is 0.942. The maximum atomic E-state index is 12.0. The van der Waals surface area contributed by atoms with Crippen molar-refractivity contribution in [2.45, 2.75) is 24.8 Å². The fourth-order valence-corrected chi connectivity index (χ4v) is 2.99. The predicted molar refractivity (Wildman–Crippen MR) is 86.4 cm³/mol. The summed E-state index contributed by atoms with van der Waals surface area (Å²) in [6, 6.07) is 7.71. The third kappa shape index (κ3) is 4.66. The molecule has 0 saturated carbocycles. The first-order chi connectivity index (χ1) is 11.3. The van der Waals surface area contributed by atoms with E-state index >= 15 is 0 Å². The summed E-state index contributed by atoms with van der Waals surface area (Å²) in [5.74, 6) is -1.19. The minimum Gasteiger partial charge on any atom is -0.480 e. The molecule has 0 aliphatic rings. The molecule has 1 amide bonds. The van der Waals surface area contributed by atoms with Crippen molar-refractivity contribution in [1.82, 2.24) is 9.78 Å². The molecule has 1 aromatic heterocycles. The average molecular weight is 351 g/mol. The van der Waals surface area contributed by atoms with E-state index in [-0.39, 0.29) is 35.3 Å². The number of anilines is 1. The summed E-state index contributed by atoms with van der Waals surface area (Å²) in [5, 5.41) is 15.1. The van der Waals surface area contributed by atoms with Crippen LogP contribution in [-0.4, -0.2) is 40.9 Å². The number of benzene rings is 1. The van der Waals surface area contributed by atoms with Crippen LogP contribution in [0.3, 0.4) is 0 Å². The zero-order chi connectivity index (χ0) is 17.7. The molecule has 0 saturated heterocycles. The molecule has 2 rings (SSSR count). The third-order valence-corrected chi connectivity index (χ3v) is 4.94. The van der Waals surface area contributed by atoms with Gasteiger partial charge in [-0.25, -0.2) is 8.42 Å². The molecule has 0 unspecified atom stereocenters. The molecule has 2 aromatic rings. The van der Waals surface area contributed by atoms with E-state index in [1.54, 1.807) is 19.1 Å². The van der Waals surface area contributed by atoms with Crippen molar-refractivity contribution in [3.8, 4) is 0 Å². The molecule has 1 heterocycles. The van der Waals surface area contributed by atoms with E-state index in [9.17, 15) is 18.0 Å². The highest BCUT2D eigenvalue weighted by Crippen LogP contribution is 2.14. The zero-order valence-electron chi connectivity index (χ0n) is 13.0. The summed E-state index contributed by atoms with van der Waals surface area (Å²) in [6.07, 6.45) is 1.43. The molecule has 1 aromatic carbocycles. The first kappa shape index (κ1) is 17.7. The molecule has 0 radical (unpaired) electrons. The number of sulfone groups is 1. The van der Waals surface area contributed by atoms with Crippen LogP contribution in [0.2, 0.25) is 0 Å². The van der Waals surface area contributed by atoms with E-state index < -0.39 is 15.8 Å². The standard InChI is InChI=1S/C15H17N3O5S/c1-2-24(22,23)12-5-3-4-11(8-12)9-14(19)16-13-6-7-18(17-13)10-15(20)21/h3-8H,2,9-10H2,1H3,(H,20,21)(H,16,17,19). The lowest BCUT2D eigenvalue weighted by Gasteiger charge is -2.05. The molecule has 0 bridgehead atoms. The van der Waals surface area contributed by atoms with Crippen molar-refractivity contribution in [3.05, 3.63) is 42.1 Å². The number of amides is 1. The van der Waals surface area contributed by atoms with Crippen LogP contribution in [0.25, 0.3) is 0 Å². The van der Waals surface area contributed by atoms with Gasteiger partial charge >= 0.3 is 5.97 Å². The van der Waals surface area contributed by atoms with Crippen LogP contribution in [-0.2, 0) is 32.4 Å². The first-order valence-corrected chi connectivity index (χ1v) is 8.82. The third-order valence-electron chi connectivity index (χ3n) is 3.21. The quantitative estimate of drug-likeness (QED) is 0.766. The van der Waals surface area contributed by atoms with E-state index in [1.165, 1.54) is 29.1 Å². The minimum atomic E-state index is -3.33. The number of rotatable bonds is 7. The van der Waals surface area contributed by atoms with Crippen LogP contribution in [0, 0.1) is 0 Å². The smallest absolute Gasteiger partial charge is 0.325 e. The molecule has 0 aliphatic carbocycles. The van der Waals surface area contributed by atoms with E-state index in [0.29, 0.717) is 5.56 Å². The second-order valence-corrected chi connectivity index (χ2v) is 7.35. The second-order valence-electron chi connectivity index (χ2n) is 5.07. The van der Waals surface area contributed by atoms with E-state index in [2.05, 4.69) is 10.4 Å². The number of hydrogen-bond donors (Lipinski definition) is 2. The Morgan fingerprint density at radius 2 is 2.04 bits per heavy atom. The van der Waals surface area contributed by atoms with Gasteiger partial charge in [0.1, 0.15) is 6.54 Å². The summed E-state index contributed by atoms with van der Waals surface area (Å²) in [5.41, 5.74) is 0.562. The lowest BCUT2D eigenvalue weighted by Crippen LogP contribution is -2.16. The van der Waals surface area contributed by atoms with Crippen molar-refractivity contribution in [3.63, 3.8) is 0 Å². The Balaban J connectivity index is 2.03. The van der Waals surface area contributed by atoms with Gasteiger partial charge in [-0.1, -0.05) is 19.1 Å². The maximum absolute atomic E-state index is 12.0. The van der Waals surface area contributed by atoms with Crippen LogP contribution in [0.15, 0.2) is 41.4 Å². The molecule has 0 spiro atoms. The Labute approximate surface area is 139 Å². The second kappa shape index (κ2) is 7.26. The summed E-state index contributed by atoms with van der Waals surface area (Å²) >= 11 is 0. The zero-order valence-corrected chi connectivity index (χ0v) is 13.8. The summed E-state index contributed by atoms with van der Waals surface area (Å²) in [7, 11) is -3.33. The SMILES string of the molecule is CCS(=O)(=O)c1cccc(CC(=O)Nc2ccn(CC(=O)O)n2)c1. The average Bonchev–Trinajstić information content (AvgIpc) is 2.93. The highest BCUT2D eigenvalue weighted by atomic mass is 32.2. The summed E-state index contributed by atoms with van der Waals surface area (Å²) in [6.45, 7) is 1.26. The lowest BCUT2D eigenvalue weighted by molar-refractivity contribution is -0.137. The molecule has 9 heteroatoms. The number of carboxylic acids is 1. The number of carbonyl (C=O) groups is 2. The molecule has 0 fully saturated rings.